The third-order valence-electron chi connectivity index (χ3n) is 3.57. The van der Waals surface area contributed by atoms with Crippen molar-refractivity contribution in [3.05, 3.63) is 23.8 Å². The Hall–Kier alpha value is -1.75. The fourth-order valence-corrected chi connectivity index (χ4v) is 2.41. The minimum absolute atomic E-state index is 0.0595. The Morgan fingerprint density at radius 1 is 1.53 bits per heavy atom. The van der Waals surface area contributed by atoms with E-state index >= 15 is 0 Å². The molecule has 1 aromatic rings. The number of aliphatic hydroxyl groups is 1. The number of hydrogen-bond donors (Lipinski definition) is 2. The van der Waals surface area contributed by atoms with Gasteiger partial charge in [-0.05, 0) is 37.0 Å². The highest BCUT2D eigenvalue weighted by Crippen LogP contribution is 2.28. The van der Waals surface area contributed by atoms with Crippen LogP contribution in [0, 0.1) is 5.92 Å². The van der Waals surface area contributed by atoms with Gasteiger partial charge in [0.05, 0.1) is 18.9 Å². The maximum atomic E-state index is 12.2. The molecule has 0 bridgehead atoms. The lowest BCUT2D eigenvalue weighted by atomic mass is 9.82. The number of benzene rings is 1. The van der Waals surface area contributed by atoms with E-state index in [4.69, 9.17) is 10.5 Å². The molecule has 0 radical (unpaired) electrons. The molecule has 1 aliphatic rings. The van der Waals surface area contributed by atoms with E-state index in [1.165, 1.54) is 0 Å². The summed E-state index contributed by atoms with van der Waals surface area (Å²) in [4.78, 5) is 13.9. The zero-order chi connectivity index (χ0) is 14.0. The van der Waals surface area contributed by atoms with Crippen LogP contribution in [0.15, 0.2) is 18.2 Å². The average molecular weight is 264 g/mol. The lowest BCUT2D eigenvalue weighted by Gasteiger charge is -2.34. The van der Waals surface area contributed by atoms with Crippen molar-refractivity contribution in [2.45, 2.75) is 18.9 Å². The van der Waals surface area contributed by atoms with Crippen LogP contribution in [0.25, 0.3) is 0 Å². The molecular weight excluding hydrogens is 244 g/mol. The Labute approximate surface area is 113 Å². The topological polar surface area (TPSA) is 75.8 Å². The second-order valence-electron chi connectivity index (χ2n) is 5.13. The number of carbonyl (C=O) groups excluding carboxylic acids is 1. The zero-order valence-corrected chi connectivity index (χ0v) is 11.3. The monoisotopic (exact) mass is 264 g/mol. The van der Waals surface area contributed by atoms with Crippen LogP contribution in [0.5, 0.6) is 5.75 Å². The predicted molar refractivity (Wildman–Crippen MR) is 73.1 cm³/mol. The molecule has 104 valence electrons. The van der Waals surface area contributed by atoms with E-state index in [9.17, 15) is 9.90 Å². The predicted octanol–water partition coefficient (Wildman–Crippen LogP) is 1.12. The van der Waals surface area contributed by atoms with Crippen molar-refractivity contribution < 1.29 is 14.6 Å². The van der Waals surface area contributed by atoms with Gasteiger partial charge in [0.2, 0.25) is 0 Å². The number of methoxy groups -OCH3 is 1. The van der Waals surface area contributed by atoms with Crippen molar-refractivity contribution in [2.75, 3.05) is 26.4 Å². The first kappa shape index (κ1) is 13.7. The molecule has 0 heterocycles. The van der Waals surface area contributed by atoms with Gasteiger partial charge in [-0.3, -0.25) is 4.79 Å². The summed E-state index contributed by atoms with van der Waals surface area (Å²) in [5, 5.41) is 9.25. The SMILES string of the molecule is COc1ccc(C(=O)N(C)CC2CC(O)C2)cc1N. The van der Waals surface area contributed by atoms with Crippen LogP contribution in [0.2, 0.25) is 0 Å². The van der Waals surface area contributed by atoms with Gasteiger partial charge in [0.1, 0.15) is 5.75 Å². The zero-order valence-electron chi connectivity index (χ0n) is 11.3. The number of ether oxygens (including phenoxy) is 1. The summed E-state index contributed by atoms with van der Waals surface area (Å²) in [6.45, 7) is 0.668. The van der Waals surface area contributed by atoms with Gasteiger partial charge < -0.3 is 20.5 Å². The number of aliphatic hydroxyl groups excluding tert-OH is 1. The molecule has 1 aromatic carbocycles. The highest BCUT2D eigenvalue weighted by Gasteiger charge is 2.29. The van der Waals surface area contributed by atoms with Crippen LogP contribution < -0.4 is 10.5 Å². The molecule has 1 aliphatic carbocycles. The van der Waals surface area contributed by atoms with Gasteiger partial charge in [-0.2, -0.15) is 0 Å². The molecule has 5 heteroatoms. The van der Waals surface area contributed by atoms with Gasteiger partial charge in [-0.25, -0.2) is 0 Å². The number of amides is 1. The van der Waals surface area contributed by atoms with E-state index in [1.54, 1.807) is 37.3 Å². The van der Waals surface area contributed by atoms with Crippen LogP contribution in [0.4, 0.5) is 5.69 Å². The molecule has 0 unspecified atom stereocenters. The second kappa shape index (κ2) is 5.48. The fourth-order valence-electron chi connectivity index (χ4n) is 2.41. The minimum Gasteiger partial charge on any atom is -0.495 e. The van der Waals surface area contributed by atoms with E-state index < -0.39 is 0 Å². The molecule has 5 nitrogen and oxygen atoms in total. The molecule has 19 heavy (non-hydrogen) atoms. The van der Waals surface area contributed by atoms with Crippen LogP contribution in [-0.2, 0) is 0 Å². The van der Waals surface area contributed by atoms with Crippen LogP contribution >= 0.6 is 0 Å². The smallest absolute Gasteiger partial charge is 0.253 e. The highest BCUT2D eigenvalue weighted by molar-refractivity contribution is 5.95. The van der Waals surface area contributed by atoms with E-state index in [1.807, 2.05) is 0 Å². The van der Waals surface area contributed by atoms with Crippen molar-refractivity contribution >= 4 is 11.6 Å². The standard InChI is InChI=1S/C14H20N2O3/c1-16(8-9-5-11(17)6-9)14(18)10-3-4-13(19-2)12(15)7-10/h3-4,7,9,11,17H,5-6,8,15H2,1-2H3. The van der Waals surface area contributed by atoms with Gasteiger partial charge in [-0.15, -0.1) is 0 Å². The number of anilines is 1. The number of nitrogens with zero attached hydrogens (tertiary/aromatic N) is 1. The van der Waals surface area contributed by atoms with Crippen molar-refractivity contribution in [2.24, 2.45) is 5.92 Å². The Bertz CT molecular complexity index is 470. The first-order chi connectivity index (χ1) is 9.01. The molecule has 3 N–H and O–H groups in total. The molecule has 0 atom stereocenters. The van der Waals surface area contributed by atoms with Gasteiger partial charge in [0.15, 0.2) is 0 Å². The summed E-state index contributed by atoms with van der Waals surface area (Å²) in [6.07, 6.45) is 1.37. The summed E-state index contributed by atoms with van der Waals surface area (Å²) >= 11 is 0. The Kier molecular flexibility index (Phi) is 3.95. The third kappa shape index (κ3) is 2.98. The molecule has 1 saturated carbocycles. The Balaban J connectivity index is 2.00. The fraction of sp³-hybridized carbons (Fsp3) is 0.500. The number of nitrogens with two attached hydrogens (primary N) is 1. The summed E-state index contributed by atoms with van der Waals surface area (Å²) in [7, 11) is 3.31. The van der Waals surface area contributed by atoms with Crippen molar-refractivity contribution in [1.82, 2.24) is 4.90 Å². The molecule has 1 amide bonds. The Morgan fingerprint density at radius 3 is 2.74 bits per heavy atom. The summed E-state index contributed by atoms with van der Waals surface area (Å²) in [5.74, 6) is 0.914. The van der Waals surface area contributed by atoms with Crippen LogP contribution in [0.1, 0.15) is 23.2 Å². The molecule has 0 saturated heterocycles. The first-order valence-electron chi connectivity index (χ1n) is 6.38. The number of hydrogen-bond acceptors (Lipinski definition) is 4. The molecule has 2 rings (SSSR count). The second-order valence-corrected chi connectivity index (χ2v) is 5.13. The van der Waals surface area contributed by atoms with E-state index in [0.29, 0.717) is 29.5 Å². The van der Waals surface area contributed by atoms with Crippen LogP contribution in [-0.4, -0.2) is 42.7 Å². The van der Waals surface area contributed by atoms with Crippen LogP contribution in [0.3, 0.4) is 0 Å². The lowest BCUT2D eigenvalue weighted by Crippen LogP contribution is -2.39. The lowest BCUT2D eigenvalue weighted by molar-refractivity contribution is 0.0265. The van der Waals surface area contributed by atoms with Gasteiger partial charge in [0.25, 0.3) is 5.91 Å². The summed E-state index contributed by atoms with van der Waals surface area (Å²) < 4.78 is 5.07. The molecular formula is C14H20N2O3. The average Bonchev–Trinajstić information content (AvgIpc) is 2.35. The number of carbonyl (C=O) groups is 1. The third-order valence-corrected chi connectivity index (χ3v) is 3.57. The summed E-state index contributed by atoms with van der Waals surface area (Å²) in [5.41, 5.74) is 6.81. The van der Waals surface area contributed by atoms with E-state index in [0.717, 1.165) is 12.8 Å². The number of rotatable bonds is 4. The van der Waals surface area contributed by atoms with Crippen molar-refractivity contribution in [1.29, 1.82) is 0 Å². The normalized spacial score (nSPS) is 21.6. The quantitative estimate of drug-likeness (QED) is 0.799. The van der Waals surface area contributed by atoms with Crippen molar-refractivity contribution in [3.63, 3.8) is 0 Å². The largest absolute Gasteiger partial charge is 0.495 e. The number of nitrogen functional groups attached to an aromatic ring is 1. The van der Waals surface area contributed by atoms with Gasteiger partial charge in [-0.1, -0.05) is 0 Å². The molecule has 0 aliphatic heterocycles. The first-order valence-corrected chi connectivity index (χ1v) is 6.38. The van der Waals surface area contributed by atoms with E-state index in [-0.39, 0.29) is 12.0 Å². The maximum absolute atomic E-state index is 12.2. The van der Waals surface area contributed by atoms with Gasteiger partial charge >= 0.3 is 0 Å². The Morgan fingerprint density at radius 2 is 2.21 bits per heavy atom. The minimum atomic E-state index is -0.190. The summed E-state index contributed by atoms with van der Waals surface area (Å²) in [6, 6.07) is 5.04. The van der Waals surface area contributed by atoms with Crippen molar-refractivity contribution in [3.8, 4) is 5.75 Å². The molecule has 1 fully saturated rings. The molecule has 0 spiro atoms. The molecule has 0 aromatic heterocycles. The highest BCUT2D eigenvalue weighted by atomic mass is 16.5. The van der Waals surface area contributed by atoms with E-state index in [2.05, 4.69) is 0 Å². The maximum Gasteiger partial charge on any atom is 0.253 e. The van der Waals surface area contributed by atoms with Gasteiger partial charge in [0, 0.05) is 19.2 Å².